The fourth-order valence-corrected chi connectivity index (χ4v) is 3.22. The van der Waals surface area contributed by atoms with Gasteiger partial charge in [-0.3, -0.25) is 4.98 Å². The van der Waals surface area contributed by atoms with E-state index < -0.39 is 0 Å². The van der Waals surface area contributed by atoms with Crippen molar-refractivity contribution < 1.29 is 0 Å². The average molecular weight is 265 g/mol. The third kappa shape index (κ3) is 2.74. The lowest BCUT2D eigenvalue weighted by molar-refractivity contribution is 1.19. The molecule has 0 radical (unpaired) electrons. The van der Waals surface area contributed by atoms with Gasteiger partial charge in [-0.25, -0.2) is 0 Å². The molecule has 0 amide bonds. The third-order valence-electron chi connectivity index (χ3n) is 3.22. The molecule has 0 atom stereocenters. The number of rotatable bonds is 3. The molecule has 0 saturated heterocycles. The molecule has 0 unspecified atom stereocenters. The summed E-state index contributed by atoms with van der Waals surface area (Å²) < 4.78 is 0. The van der Waals surface area contributed by atoms with Crippen LogP contribution >= 0.6 is 11.3 Å². The van der Waals surface area contributed by atoms with Gasteiger partial charge in [-0.05, 0) is 48.2 Å². The summed E-state index contributed by atoms with van der Waals surface area (Å²) >= 11 is 1.86. The van der Waals surface area contributed by atoms with Crippen LogP contribution in [0.15, 0.2) is 60.9 Å². The second kappa shape index (κ2) is 5.37. The lowest BCUT2D eigenvalue weighted by Crippen LogP contribution is -1.86. The molecule has 1 aromatic carbocycles. The standard InChI is InChI=1S/C17H15NS/c1-13-16(11-14-5-3-2-4-6-14)12-17(19-13)15-7-9-18-10-8-15/h2-10,12H,11H2,1H3. The maximum absolute atomic E-state index is 4.07. The minimum absolute atomic E-state index is 1.01. The lowest BCUT2D eigenvalue weighted by Gasteiger charge is -1.99. The summed E-state index contributed by atoms with van der Waals surface area (Å²) in [6.45, 7) is 2.20. The largest absolute Gasteiger partial charge is 0.265 e. The van der Waals surface area contributed by atoms with Gasteiger partial charge < -0.3 is 0 Å². The van der Waals surface area contributed by atoms with E-state index in [1.165, 1.54) is 26.4 Å². The Labute approximate surface area is 117 Å². The van der Waals surface area contributed by atoms with Gasteiger partial charge in [0.2, 0.25) is 0 Å². The van der Waals surface area contributed by atoms with Crippen molar-refractivity contribution in [3.63, 3.8) is 0 Å². The first-order valence-corrected chi connectivity index (χ1v) is 7.18. The van der Waals surface area contributed by atoms with Gasteiger partial charge in [-0.1, -0.05) is 30.3 Å². The molecule has 2 heterocycles. The van der Waals surface area contributed by atoms with Crippen molar-refractivity contribution in [2.75, 3.05) is 0 Å². The van der Waals surface area contributed by atoms with Crippen LogP contribution < -0.4 is 0 Å². The Kier molecular flexibility index (Phi) is 3.43. The number of thiophene rings is 1. The molecule has 0 aliphatic carbocycles. The van der Waals surface area contributed by atoms with Gasteiger partial charge in [0.05, 0.1) is 0 Å². The van der Waals surface area contributed by atoms with Gasteiger partial charge in [0.25, 0.3) is 0 Å². The number of hydrogen-bond acceptors (Lipinski definition) is 2. The van der Waals surface area contributed by atoms with Crippen LogP contribution in [-0.2, 0) is 6.42 Å². The van der Waals surface area contributed by atoms with Gasteiger partial charge in [0.15, 0.2) is 0 Å². The molecular formula is C17H15NS. The Morgan fingerprint density at radius 3 is 2.47 bits per heavy atom. The third-order valence-corrected chi connectivity index (χ3v) is 4.36. The van der Waals surface area contributed by atoms with Crippen molar-refractivity contribution >= 4 is 11.3 Å². The Bertz CT molecular complexity index is 656. The first-order chi connectivity index (χ1) is 9.33. The van der Waals surface area contributed by atoms with Crippen LogP contribution in [0.2, 0.25) is 0 Å². The normalized spacial score (nSPS) is 10.6. The number of aryl methyl sites for hydroxylation is 1. The topological polar surface area (TPSA) is 12.9 Å². The highest BCUT2D eigenvalue weighted by molar-refractivity contribution is 7.15. The molecule has 0 fully saturated rings. The van der Waals surface area contributed by atoms with Gasteiger partial charge in [-0.2, -0.15) is 0 Å². The van der Waals surface area contributed by atoms with E-state index in [0.717, 1.165) is 6.42 Å². The van der Waals surface area contributed by atoms with Gasteiger partial charge in [0.1, 0.15) is 0 Å². The van der Waals surface area contributed by atoms with Crippen molar-refractivity contribution in [1.29, 1.82) is 0 Å². The monoisotopic (exact) mass is 265 g/mol. The first-order valence-electron chi connectivity index (χ1n) is 6.36. The Morgan fingerprint density at radius 2 is 1.74 bits per heavy atom. The van der Waals surface area contributed by atoms with E-state index in [1.807, 2.05) is 23.7 Å². The minimum atomic E-state index is 1.01. The highest BCUT2D eigenvalue weighted by atomic mass is 32.1. The van der Waals surface area contributed by atoms with Crippen molar-refractivity contribution in [3.8, 4) is 10.4 Å². The zero-order chi connectivity index (χ0) is 13.1. The van der Waals surface area contributed by atoms with E-state index in [4.69, 9.17) is 0 Å². The fraction of sp³-hybridized carbons (Fsp3) is 0.118. The van der Waals surface area contributed by atoms with Crippen LogP contribution in [0.1, 0.15) is 16.0 Å². The number of nitrogens with zero attached hydrogens (tertiary/aromatic N) is 1. The van der Waals surface area contributed by atoms with Crippen molar-refractivity contribution in [2.45, 2.75) is 13.3 Å². The van der Waals surface area contributed by atoms with E-state index in [-0.39, 0.29) is 0 Å². The zero-order valence-corrected chi connectivity index (χ0v) is 11.7. The predicted octanol–water partition coefficient (Wildman–Crippen LogP) is 4.71. The molecular weight excluding hydrogens is 250 g/mol. The minimum Gasteiger partial charge on any atom is -0.265 e. The van der Waals surface area contributed by atoms with Crippen molar-refractivity contribution in [3.05, 3.63) is 76.9 Å². The van der Waals surface area contributed by atoms with E-state index in [9.17, 15) is 0 Å². The molecule has 3 aromatic rings. The molecule has 0 aliphatic rings. The van der Waals surface area contributed by atoms with Crippen molar-refractivity contribution in [2.24, 2.45) is 0 Å². The maximum atomic E-state index is 4.07. The smallest absolute Gasteiger partial charge is 0.0349 e. The summed E-state index contributed by atoms with van der Waals surface area (Å²) in [4.78, 5) is 6.80. The van der Waals surface area contributed by atoms with E-state index in [2.05, 4.69) is 60.4 Å². The molecule has 2 aromatic heterocycles. The highest BCUT2D eigenvalue weighted by Gasteiger charge is 2.07. The van der Waals surface area contributed by atoms with Crippen LogP contribution in [-0.4, -0.2) is 4.98 Å². The summed E-state index contributed by atoms with van der Waals surface area (Å²) in [7, 11) is 0. The average Bonchev–Trinajstić information content (AvgIpc) is 2.82. The fourth-order valence-electron chi connectivity index (χ4n) is 2.17. The van der Waals surface area contributed by atoms with E-state index in [0.29, 0.717) is 0 Å². The summed E-state index contributed by atoms with van der Waals surface area (Å²) in [5.41, 5.74) is 4.04. The number of aromatic nitrogens is 1. The van der Waals surface area contributed by atoms with E-state index >= 15 is 0 Å². The highest BCUT2D eigenvalue weighted by Crippen LogP contribution is 2.31. The van der Waals surface area contributed by atoms with Crippen molar-refractivity contribution in [1.82, 2.24) is 4.98 Å². The van der Waals surface area contributed by atoms with Crippen LogP contribution in [0.5, 0.6) is 0 Å². The summed E-state index contributed by atoms with van der Waals surface area (Å²) in [5.74, 6) is 0. The number of pyridine rings is 1. The van der Waals surface area contributed by atoms with Crippen LogP contribution in [0, 0.1) is 6.92 Å². The predicted molar refractivity (Wildman–Crippen MR) is 81.5 cm³/mol. The molecule has 0 bridgehead atoms. The molecule has 94 valence electrons. The molecule has 0 spiro atoms. The quantitative estimate of drug-likeness (QED) is 0.668. The summed E-state index contributed by atoms with van der Waals surface area (Å²) in [6.07, 6.45) is 4.71. The molecule has 0 N–H and O–H groups in total. The zero-order valence-electron chi connectivity index (χ0n) is 10.8. The van der Waals surface area contributed by atoms with E-state index in [1.54, 1.807) is 0 Å². The number of benzene rings is 1. The molecule has 0 aliphatic heterocycles. The molecule has 2 heteroatoms. The SMILES string of the molecule is Cc1sc(-c2ccncc2)cc1Cc1ccccc1. The second-order valence-electron chi connectivity index (χ2n) is 4.59. The molecule has 19 heavy (non-hydrogen) atoms. The van der Waals surface area contributed by atoms with Crippen LogP contribution in [0.25, 0.3) is 10.4 Å². The first kappa shape index (κ1) is 12.1. The number of hydrogen-bond donors (Lipinski definition) is 0. The molecule has 1 nitrogen and oxygen atoms in total. The molecule has 3 rings (SSSR count). The Balaban J connectivity index is 1.90. The Hall–Kier alpha value is -1.93. The summed E-state index contributed by atoms with van der Waals surface area (Å²) in [5, 5.41) is 0. The lowest BCUT2D eigenvalue weighted by atomic mass is 10.1. The summed E-state index contributed by atoms with van der Waals surface area (Å²) in [6, 6.07) is 17.1. The van der Waals surface area contributed by atoms with Gasteiger partial charge in [0, 0.05) is 22.1 Å². The van der Waals surface area contributed by atoms with Crippen LogP contribution in [0.4, 0.5) is 0 Å². The van der Waals surface area contributed by atoms with Crippen LogP contribution in [0.3, 0.4) is 0 Å². The molecule has 0 saturated carbocycles. The van der Waals surface area contributed by atoms with Gasteiger partial charge >= 0.3 is 0 Å². The second-order valence-corrected chi connectivity index (χ2v) is 5.85. The maximum Gasteiger partial charge on any atom is 0.0349 e. The Morgan fingerprint density at radius 1 is 1.00 bits per heavy atom. The van der Waals surface area contributed by atoms with Gasteiger partial charge in [-0.15, -0.1) is 11.3 Å².